The molecular weight excluding hydrogens is 334 g/mol. The molecule has 0 fully saturated rings. The maximum Gasteiger partial charge on any atom is 0.262 e. The molecule has 25 heavy (non-hydrogen) atoms. The van der Waals surface area contributed by atoms with Gasteiger partial charge in [0.15, 0.2) is 0 Å². The predicted molar refractivity (Wildman–Crippen MR) is 102 cm³/mol. The van der Waals surface area contributed by atoms with Crippen molar-refractivity contribution in [2.24, 2.45) is 0 Å². The van der Waals surface area contributed by atoms with E-state index in [2.05, 4.69) is 17.2 Å². The molecule has 0 aliphatic heterocycles. The van der Waals surface area contributed by atoms with Crippen LogP contribution in [0, 0.1) is 6.92 Å². The molecule has 5 nitrogen and oxygen atoms in total. The standard InChI is InChI=1S/C19H21N3O2S/c1-4-13-6-8-14(9-7-13)21-17(23)11-22-12(3)20-18-16(19(22)24)10-15(5-2)25-18/h6-10H,4-5,11H2,1-3H3,(H,21,23). The van der Waals surface area contributed by atoms with Crippen LogP contribution < -0.4 is 10.9 Å². The number of aryl methyl sites for hydroxylation is 3. The number of amides is 1. The third kappa shape index (κ3) is 3.64. The summed E-state index contributed by atoms with van der Waals surface area (Å²) < 4.78 is 1.43. The van der Waals surface area contributed by atoms with E-state index in [1.54, 1.807) is 6.92 Å². The molecule has 1 amide bonds. The van der Waals surface area contributed by atoms with E-state index in [0.717, 1.165) is 28.2 Å². The van der Waals surface area contributed by atoms with E-state index >= 15 is 0 Å². The number of hydrogen-bond donors (Lipinski definition) is 1. The molecule has 2 aromatic heterocycles. The van der Waals surface area contributed by atoms with Gasteiger partial charge < -0.3 is 5.32 Å². The zero-order valence-corrected chi connectivity index (χ0v) is 15.4. The Kier molecular flexibility index (Phi) is 4.99. The highest BCUT2D eigenvalue weighted by Gasteiger charge is 2.14. The van der Waals surface area contributed by atoms with E-state index in [9.17, 15) is 9.59 Å². The fraction of sp³-hybridized carbons (Fsp3) is 0.316. The highest BCUT2D eigenvalue weighted by molar-refractivity contribution is 7.18. The minimum Gasteiger partial charge on any atom is -0.325 e. The first-order chi connectivity index (χ1) is 12.0. The second kappa shape index (κ2) is 7.19. The molecular formula is C19H21N3O2S. The Morgan fingerprint density at radius 3 is 2.56 bits per heavy atom. The SMILES string of the molecule is CCc1ccc(NC(=O)Cn2c(C)nc3sc(CC)cc3c2=O)cc1. The molecule has 1 N–H and O–H groups in total. The minimum atomic E-state index is -0.235. The Bertz CT molecular complexity index is 971. The Hall–Kier alpha value is -2.47. The van der Waals surface area contributed by atoms with Gasteiger partial charge in [-0.1, -0.05) is 26.0 Å². The van der Waals surface area contributed by atoms with E-state index in [1.165, 1.54) is 21.5 Å². The van der Waals surface area contributed by atoms with Crippen molar-refractivity contribution in [2.45, 2.75) is 40.2 Å². The molecule has 0 spiro atoms. The maximum absolute atomic E-state index is 12.7. The lowest BCUT2D eigenvalue weighted by molar-refractivity contribution is -0.116. The van der Waals surface area contributed by atoms with Gasteiger partial charge in [0.1, 0.15) is 17.2 Å². The largest absolute Gasteiger partial charge is 0.325 e. The first-order valence-corrected chi connectivity index (χ1v) is 9.22. The Balaban J connectivity index is 1.83. The van der Waals surface area contributed by atoms with Gasteiger partial charge in [-0.2, -0.15) is 0 Å². The quantitative estimate of drug-likeness (QED) is 0.761. The van der Waals surface area contributed by atoms with Crippen molar-refractivity contribution in [2.75, 3.05) is 5.32 Å². The van der Waals surface area contributed by atoms with Crippen molar-refractivity contribution in [3.05, 3.63) is 57.0 Å². The van der Waals surface area contributed by atoms with Crippen LogP contribution >= 0.6 is 11.3 Å². The van der Waals surface area contributed by atoms with E-state index in [-0.39, 0.29) is 18.0 Å². The van der Waals surface area contributed by atoms with Gasteiger partial charge in [-0.3, -0.25) is 14.2 Å². The average molecular weight is 355 g/mol. The Labute approximate surface area is 150 Å². The third-order valence-electron chi connectivity index (χ3n) is 4.19. The molecule has 0 saturated heterocycles. The minimum absolute atomic E-state index is 0.0412. The summed E-state index contributed by atoms with van der Waals surface area (Å²) in [6.07, 6.45) is 1.82. The van der Waals surface area contributed by atoms with Gasteiger partial charge in [0.2, 0.25) is 5.91 Å². The predicted octanol–water partition coefficient (Wildman–Crippen LogP) is 3.53. The number of hydrogen-bond acceptors (Lipinski definition) is 4. The van der Waals surface area contributed by atoms with Crippen molar-refractivity contribution in [1.29, 1.82) is 0 Å². The van der Waals surface area contributed by atoms with Gasteiger partial charge in [-0.15, -0.1) is 11.3 Å². The molecule has 0 bridgehead atoms. The van der Waals surface area contributed by atoms with Gasteiger partial charge in [0.25, 0.3) is 5.56 Å². The van der Waals surface area contributed by atoms with Crippen LogP contribution in [0.15, 0.2) is 35.1 Å². The van der Waals surface area contributed by atoms with Gasteiger partial charge in [0, 0.05) is 10.6 Å². The summed E-state index contributed by atoms with van der Waals surface area (Å²) in [4.78, 5) is 31.4. The fourth-order valence-electron chi connectivity index (χ4n) is 2.70. The van der Waals surface area contributed by atoms with E-state index in [4.69, 9.17) is 0 Å². The summed E-state index contributed by atoms with van der Waals surface area (Å²) in [7, 11) is 0. The number of benzene rings is 1. The smallest absolute Gasteiger partial charge is 0.262 e. The average Bonchev–Trinajstić information content (AvgIpc) is 3.02. The van der Waals surface area contributed by atoms with Gasteiger partial charge in [-0.25, -0.2) is 4.98 Å². The summed E-state index contributed by atoms with van der Waals surface area (Å²) in [6, 6.07) is 9.60. The van der Waals surface area contributed by atoms with E-state index < -0.39 is 0 Å². The lowest BCUT2D eigenvalue weighted by atomic mass is 10.1. The van der Waals surface area contributed by atoms with Gasteiger partial charge in [-0.05, 0) is 43.5 Å². The van der Waals surface area contributed by atoms with Crippen LogP contribution in [-0.2, 0) is 24.2 Å². The van der Waals surface area contributed by atoms with Gasteiger partial charge >= 0.3 is 0 Å². The molecule has 130 valence electrons. The van der Waals surface area contributed by atoms with Crippen LogP contribution in [-0.4, -0.2) is 15.5 Å². The normalized spacial score (nSPS) is 11.0. The molecule has 0 radical (unpaired) electrons. The van der Waals surface area contributed by atoms with E-state index in [0.29, 0.717) is 11.2 Å². The zero-order valence-electron chi connectivity index (χ0n) is 14.6. The third-order valence-corrected chi connectivity index (χ3v) is 5.36. The van der Waals surface area contributed by atoms with Crippen LogP contribution in [0.1, 0.15) is 30.1 Å². The molecule has 0 atom stereocenters. The topological polar surface area (TPSA) is 64.0 Å². The van der Waals surface area contributed by atoms with Crippen LogP contribution in [0.25, 0.3) is 10.2 Å². The summed E-state index contributed by atoms with van der Waals surface area (Å²) in [5.74, 6) is 0.319. The Morgan fingerprint density at radius 1 is 1.20 bits per heavy atom. The summed E-state index contributed by atoms with van der Waals surface area (Å²) in [5, 5.41) is 3.43. The van der Waals surface area contributed by atoms with Crippen LogP contribution in [0.4, 0.5) is 5.69 Å². The number of nitrogens with one attached hydrogen (secondary N) is 1. The summed E-state index contributed by atoms with van der Waals surface area (Å²) in [6.45, 7) is 5.85. The molecule has 0 unspecified atom stereocenters. The first-order valence-electron chi connectivity index (χ1n) is 8.40. The number of nitrogens with zero attached hydrogens (tertiary/aromatic N) is 2. The van der Waals surface area contributed by atoms with Crippen molar-refractivity contribution in [3.63, 3.8) is 0 Å². The molecule has 3 aromatic rings. The van der Waals surface area contributed by atoms with Crippen molar-refractivity contribution in [1.82, 2.24) is 9.55 Å². The lowest BCUT2D eigenvalue weighted by Gasteiger charge is -2.10. The second-order valence-corrected chi connectivity index (χ2v) is 7.05. The number of rotatable bonds is 5. The highest BCUT2D eigenvalue weighted by atomic mass is 32.1. The maximum atomic E-state index is 12.7. The summed E-state index contributed by atoms with van der Waals surface area (Å²) in [5.41, 5.74) is 1.78. The fourth-order valence-corrected chi connectivity index (χ4v) is 3.70. The van der Waals surface area contributed by atoms with Gasteiger partial charge in [0.05, 0.1) is 5.39 Å². The molecule has 6 heteroatoms. The summed E-state index contributed by atoms with van der Waals surface area (Å²) >= 11 is 1.53. The van der Waals surface area contributed by atoms with Crippen LogP contribution in [0.3, 0.4) is 0 Å². The van der Waals surface area contributed by atoms with Crippen molar-refractivity contribution >= 4 is 33.1 Å². The number of anilines is 1. The second-order valence-electron chi connectivity index (χ2n) is 5.93. The highest BCUT2D eigenvalue weighted by Crippen LogP contribution is 2.22. The molecule has 3 rings (SSSR count). The number of aromatic nitrogens is 2. The number of fused-ring (bicyclic) bond motifs is 1. The monoisotopic (exact) mass is 355 g/mol. The molecule has 2 heterocycles. The number of carbonyl (C=O) groups is 1. The number of carbonyl (C=O) groups excluding carboxylic acids is 1. The molecule has 0 aliphatic rings. The van der Waals surface area contributed by atoms with Crippen LogP contribution in [0.5, 0.6) is 0 Å². The first kappa shape index (κ1) is 17.4. The van der Waals surface area contributed by atoms with Crippen molar-refractivity contribution in [3.8, 4) is 0 Å². The zero-order chi connectivity index (χ0) is 18.0. The van der Waals surface area contributed by atoms with E-state index in [1.807, 2.05) is 37.3 Å². The molecule has 0 saturated carbocycles. The molecule has 1 aromatic carbocycles. The van der Waals surface area contributed by atoms with Crippen molar-refractivity contribution < 1.29 is 4.79 Å². The molecule has 0 aliphatic carbocycles. The number of thiophene rings is 1. The van der Waals surface area contributed by atoms with Crippen LogP contribution in [0.2, 0.25) is 0 Å². The lowest BCUT2D eigenvalue weighted by Crippen LogP contribution is -2.29. The Morgan fingerprint density at radius 2 is 1.92 bits per heavy atom.